The quantitative estimate of drug-likeness (QED) is 0.534. The Kier molecular flexibility index (Phi) is 7.29. The summed E-state index contributed by atoms with van der Waals surface area (Å²) in [7, 11) is 0. The first-order valence-electron chi connectivity index (χ1n) is 2.84. The molecule has 0 aromatic rings. The molecule has 0 unspecified atom stereocenters. The van der Waals surface area contributed by atoms with E-state index in [0.29, 0.717) is 0 Å². The molecule has 0 fully saturated rings. The summed E-state index contributed by atoms with van der Waals surface area (Å²) >= 11 is 0. The molecule has 0 atom stereocenters. The molecular formula is C5H12N2O3Se. The molecule has 0 aliphatic carbocycles. The molecule has 5 nitrogen and oxygen atoms in total. The molecule has 6 heteroatoms. The maximum absolute atomic E-state index is 10.6. The molecule has 0 bridgehead atoms. The zero-order chi connectivity index (χ0) is 8.15. The Labute approximate surface area is 75.0 Å². The number of hydrogen-bond acceptors (Lipinski definition) is 3. The number of nitrogens with zero attached hydrogens (tertiary/aromatic N) is 1. The van der Waals surface area contributed by atoms with Gasteiger partial charge in [-0.2, -0.15) is 0 Å². The third-order valence-corrected chi connectivity index (χ3v) is 1.02. The number of imide groups is 1. The second-order valence-electron chi connectivity index (χ2n) is 1.63. The Morgan fingerprint density at radius 3 is 2.09 bits per heavy atom. The van der Waals surface area contributed by atoms with Crippen molar-refractivity contribution in [2.75, 3.05) is 13.2 Å². The first-order valence-corrected chi connectivity index (χ1v) is 2.84. The molecule has 0 aromatic carbocycles. The minimum atomic E-state index is -0.832. The molecule has 3 amide bonds. The van der Waals surface area contributed by atoms with Gasteiger partial charge in [0.25, 0.3) is 5.91 Å². The van der Waals surface area contributed by atoms with Crippen LogP contribution in [0.1, 0.15) is 6.92 Å². The van der Waals surface area contributed by atoms with Crippen LogP contribution in [-0.4, -0.2) is 52.2 Å². The van der Waals surface area contributed by atoms with E-state index in [2.05, 4.69) is 0 Å². The van der Waals surface area contributed by atoms with Gasteiger partial charge in [0.15, 0.2) is 0 Å². The third kappa shape index (κ3) is 3.98. The number of carbonyl (C=O) groups is 2. The molecule has 0 saturated carbocycles. The zero-order valence-electron chi connectivity index (χ0n) is 6.20. The number of primary amides is 1. The molecule has 3 N–H and O–H groups in total. The van der Waals surface area contributed by atoms with E-state index >= 15 is 0 Å². The summed E-state index contributed by atoms with van der Waals surface area (Å²) in [5.41, 5.74) is 4.78. The molecule has 0 radical (unpaired) electrons. The van der Waals surface area contributed by atoms with Crippen LogP contribution < -0.4 is 5.73 Å². The number of likely N-dealkylation sites (N-methyl/N-ethyl adjacent to an activating group) is 1. The van der Waals surface area contributed by atoms with Gasteiger partial charge in [0.2, 0.25) is 0 Å². The van der Waals surface area contributed by atoms with Crippen molar-refractivity contribution in [3.05, 3.63) is 0 Å². The van der Waals surface area contributed by atoms with E-state index in [1.54, 1.807) is 6.92 Å². The van der Waals surface area contributed by atoms with E-state index in [1.807, 2.05) is 0 Å². The Bertz CT molecular complexity index is 151. The predicted octanol–water partition coefficient (Wildman–Crippen LogP) is -2.01. The fourth-order valence-electron chi connectivity index (χ4n) is 0.540. The van der Waals surface area contributed by atoms with Crippen LogP contribution in [0.2, 0.25) is 0 Å². The molecule has 0 spiro atoms. The molecule has 0 aromatic heterocycles. The van der Waals surface area contributed by atoms with Gasteiger partial charge in [-0.05, 0) is 6.92 Å². The van der Waals surface area contributed by atoms with Crippen molar-refractivity contribution in [2.45, 2.75) is 6.92 Å². The predicted molar refractivity (Wildman–Crippen MR) is 42.6 cm³/mol. The summed E-state index contributed by atoms with van der Waals surface area (Å²) in [6, 6.07) is -0.832. The van der Waals surface area contributed by atoms with E-state index in [9.17, 15) is 9.59 Å². The molecule has 0 aliphatic heterocycles. The summed E-state index contributed by atoms with van der Waals surface area (Å²) in [5.74, 6) is -0.671. The topological polar surface area (TPSA) is 83.6 Å². The van der Waals surface area contributed by atoms with E-state index in [1.165, 1.54) is 0 Å². The van der Waals surface area contributed by atoms with Crippen LogP contribution in [0.4, 0.5) is 4.79 Å². The van der Waals surface area contributed by atoms with Gasteiger partial charge in [0, 0.05) is 6.54 Å². The molecule has 0 rings (SSSR count). The van der Waals surface area contributed by atoms with E-state index < -0.39 is 18.5 Å². The number of aliphatic hydroxyl groups is 1. The van der Waals surface area contributed by atoms with Gasteiger partial charge in [-0.25, -0.2) is 4.79 Å². The van der Waals surface area contributed by atoms with E-state index in [0.717, 1.165) is 4.90 Å². The Morgan fingerprint density at radius 1 is 1.55 bits per heavy atom. The van der Waals surface area contributed by atoms with Gasteiger partial charge >= 0.3 is 23.1 Å². The van der Waals surface area contributed by atoms with Crippen LogP contribution in [0.5, 0.6) is 0 Å². The average molecular weight is 227 g/mol. The number of rotatable bonds is 2. The van der Waals surface area contributed by atoms with E-state index in [-0.39, 0.29) is 23.6 Å². The average Bonchev–Trinajstić information content (AvgIpc) is 1.88. The maximum atomic E-state index is 10.6. The summed E-state index contributed by atoms with van der Waals surface area (Å²) in [6.07, 6.45) is 0. The van der Waals surface area contributed by atoms with Crippen molar-refractivity contribution in [1.29, 1.82) is 0 Å². The Balaban J connectivity index is 0. The standard InChI is InChI=1S/C5H10N2O3.H2Se/c1-2-7(5(6)10)4(9)3-8;/h8H,2-3H2,1H3,(H2,6,10);1H2. The van der Waals surface area contributed by atoms with Crippen LogP contribution >= 0.6 is 0 Å². The van der Waals surface area contributed by atoms with Crippen molar-refractivity contribution in [3.63, 3.8) is 0 Å². The van der Waals surface area contributed by atoms with Crippen LogP contribution in [0.25, 0.3) is 0 Å². The van der Waals surface area contributed by atoms with Crippen LogP contribution in [-0.2, 0) is 4.79 Å². The van der Waals surface area contributed by atoms with E-state index in [4.69, 9.17) is 10.8 Å². The summed E-state index contributed by atoms with van der Waals surface area (Å²) < 4.78 is 0. The number of amides is 3. The molecule has 0 heterocycles. The molecule has 0 saturated heterocycles. The van der Waals surface area contributed by atoms with Crippen molar-refractivity contribution in [2.24, 2.45) is 5.73 Å². The second-order valence-corrected chi connectivity index (χ2v) is 1.63. The Hall–Kier alpha value is -0.581. The number of carbonyl (C=O) groups excluding carboxylic acids is 2. The second kappa shape index (κ2) is 6.15. The first kappa shape index (κ1) is 13.0. The normalized spacial score (nSPS) is 8.18. The van der Waals surface area contributed by atoms with Crippen molar-refractivity contribution >= 4 is 29.0 Å². The zero-order valence-corrected chi connectivity index (χ0v) is 8.30. The minimum absolute atomic E-state index is 0. The van der Waals surface area contributed by atoms with Gasteiger partial charge in [-0.15, -0.1) is 0 Å². The fraction of sp³-hybridized carbons (Fsp3) is 0.600. The summed E-state index contributed by atoms with van der Waals surface area (Å²) in [4.78, 5) is 21.7. The van der Waals surface area contributed by atoms with Crippen LogP contribution in [0.3, 0.4) is 0 Å². The van der Waals surface area contributed by atoms with Crippen LogP contribution in [0.15, 0.2) is 0 Å². The van der Waals surface area contributed by atoms with Gasteiger partial charge in [0.1, 0.15) is 6.61 Å². The molecule has 0 aliphatic rings. The monoisotopic (exact) mass is 228 g/mol. The SMILES string of the molecule is CCN(C(N)=O)C(=O)CO.[SeH2]. The van der Waals surface area contributed by atoms with Crippen molar-refractivity contribution in [3.8, 4) is 0 Å². The van der Waals surface area contributed by atoms with Crippen LogP contribution in [0, 0.1) is 0 Å². The molecule has 11 heavy (non-hydrogen) atoms. The van der Waals surface area contributed by atoms with Crippen molar-refractivity contribution < 1.29 is 14.7 Å². The van der Waals surface area contributed by atoms with Crippen molar-refractivity contribution in [1.82, 2.24) is 4.90 Å². The number of hydrogen-bond donors (Lipinski definition) is 2. The fourth-order valence-corrected chi connectivity index (χ4v) is 0.540. The molecular weight excluding hydrogens is 215 g/mol. The van der Waals surface area contributed by atoms with Gasteiger partial charge in [-0.3, -0.25) is 9.69 Å². The number of nitrogens with two attached hydrogens (primary N) is 1. The number of aliphatic hydroxyl groups excluding tert-OH is 1. The Morgan fingerprint density at radius 2 is 2.00 bits per heavy atom. The summed E-state index contributed by atoms with van der Waals surface area (Å²) in [6.45, 7) is 1.10. The third-order valence-electron chi connectivity index (χ3n) is 1.02. The van der Waals surface area contributed by atoms with Gasteiger partial charge < -0.3 is 10.8 Å². The number of urea groups is 1. The first-order chi connectivity index (χ1) is 4.63. The summed E-state index contributed by atoms with van der Waals surface area (Å²) in [5, 5.41) is 8.29. The molecule has 66 valence electrons. The van der Waals surface area contributed by atoms with Gasteiger partial charge in [-0.1, -0.05) is 0 Å². The van der Waals surface area contributed by atoms with Gasteiger partial charge in [0.05, 0.1) is 0 Å².